The Morgan fingerprint density at radius 1 is 1.37 bits per heavy atom. The van der Waals surface area contributed by atoms with Crippen LogP contribution in [0.1, 0.15) is 24.6 Å². The number of anilines is 2. The number of benzene rings is 1. The summed E-state index contributed by atoms with van der Waals surface area (Å²) in [6.45, 7) is 1.89. The number of hydrogen-bond acceptors (Lipinski definition) is 2. The van der Waals surface area contributed by atoms with Gasteiger partial charge in [-0.2, -0.15) is 0 Å². The monoisotopic (exact) mass is 327 g/mol. The number of nitrogens with zero attached hydrogens (tertiary/aromatic N) is 2. The summed E-state index contributed by atoms with van der Waals surface area (Å²) in [7, 11) is 0. The SMILES string of the molecule is Cc1cn(C2CC2)c(Nc2c(F)cc(F)cc2Br)n1. The van der Waals surface area contributed by atoms with E-state index in [9.17, 15) is 8.78 Å². The maximum absolute atomic E-state index is 13.8. The summed E-state index contributed by atoms with van der Waals surface area (Å²) in [6, 6.07) is 2.51. The molecule has 1 saturated carbocycles. The molecular formula is C13H12BrF2N3. The second-order valence-corrected chi connectivity index (χ2v) is 5.57. The fourth-order valence-electron chi connectivity index (χ4n) is 2.01. The zero-order valence-corrected chi connectivity index (χ0v) is 11.8. The normalized spacial score (nSPS) is 14.7. The van der Waals surface area contributed by atoms with Gasteiger partial charge in [-0.15, -0.1) is 0 Å². The first-order valence-corrected chi connectivity index (χ1v) is 6.81. The molecule has 3 nitrogen and oxygen atoms in total. The standard InChI is InChI=1S/C13H12BrF2N3/c1-7-6-19(9-2-3-9)13(17-7)18-12-10(14)4-8(15)5-11(12)16/h4-6,9H,2-3H2,1H3,(H,17,18). The van der Waals surface area contributed by atoms with Gasteiger partial charge in [-0.25, -0.2) is 13.8 Å². The summed E-state index contributed by atoms with van der Waals surface area (Å²) in [6.07, 6.45) is 4.16. The van der Waals surface area contributed by atoms with E-state index in [1.807, 2.05) is 17.7 Å². The Bertz CT molecular complexity index is 612. The van der Waals surface area contributed by atoms with E-state index in [1.165, 1.54) is 6.07 Å². The summed E-state index contributed by atoms with van der Waals surface area (Å²) < 4.78 is 29.2. The maximum atomic E-state index is 13.8. The van der Waals surface area contributed by atoms with E-state index in [0.29, 0.717) is 16.5 Å². The lowest BCUT2D eigenvalue weighted by molar-refractivity contribution is 0.584. The molecule has 100 valence electrons. The topological polar surface area (TPSA) is 29.9 Å². The Balaban J connectivity index is 1.97. The van der Waals surface area contributed by atoms with Crippen molar-refractivity contribution in [2.24, 2.45) is 0 Å². The highest BCUT2D eigenvalue weighted by atomic mass is 79.9. The summed E-state index contributed by atoms with van der Waals surface area (Å²) in [5.74, 6) is -0.669. The molecule has 0 radical (unpaired) electrons. The van der Waals surface area contributed by atoms with Gasteiger partial charge in [-0.05, 0) is 41.8 Å². The van der Waals surface area contributed by atoms with Crippen molar-refractivity contribution in [3.63, 3.8) is 0 Å². The molecule has 0 spiro atoms. The van der Waals surface area contributed by atoms with Gasteiger partial charge in [0.1, 0.15) is 5.82 Å². The van der Waals surface area contributed by atoms with Crippen LogP contribution < -0.4 is 5.32 Å². The molecule has 19 heavy (non-hydrogen) atoms. The van der Waals surface area contributed by atoms with Crippen LogP contribution in [-0.2, 0) is 0 Å². The quantitative estimate of drug-likeness (QED) is 0.910. The molecule has 0 amide bonds. The number of nitrogens with one attached hydrogen (secondary N) is 1. The predicted octanol–water partition coefficient (Wildman–Crippen LogP) is 4.31. The third kappa shape index (κ3) is 2.49. The van der Waals surface area contributed by atoms with E-state index in [2.05, 4.69) is 26.2 Å². The van der Waals surface area contributed by atoms with Crippen LogP contribution in [0.5, 0.6) is 0 Å². The van der Waals surface area contributed by atoms with Crippen molar-refractivity contribution < 1.29 is 8.78 Å². The molecule has 0 atom stereocenters. The Morgan fingerprint density at radius 3 is 2.74 bits per heavy atom. The number of aryl methyl sites for hydroxylation is 1. The van der Waals surface area contributed by atoms with Crippen molar-refractivity contribution in [3.8, 4) is 0 Å². The fourth-order valence-corrected chi connectivity index (χ4v) is 2.52. The molecule has 1 aliphatic rings. The van der Waals surface area contributed by atoms with Crippen LogP contribution in [0.4, 0.5) is 20.4 Å². The minimum atomic E-state index is -0.644. The lowest BCUT2D eigenvalue weighted by Crippen LogP contribution is -2.03. The number of hydrogen-bond donors (Lipinski definition) is 1. The first-order valence-electron chi connectivity index (χ1n) is 6.01. The molecule has 1 aliphatic carbocycles. The number of imidazole rings is 1. The van der Waals surface area contributed by atoms with Crippen molar-refractivity contribution in [2.45, 2.75) is 25.8 Å². The molecule has 1 fully saturated rings. The van der Waals surface area contributed by atoms with Crippen LogP contribution in [0.3, 0.4) is 0 Å². The minimum Gasteiger partial charge on any atom is -0.322 e. The van der Waals surface area contributed by atoms with Crippen molar-refractivity contribution in [3.05, 3.63) is 40.1 Å². The highest BCUT2D eigenvalue weighted by Crippen LogP contribution is 2.38. The van der Waals surface area contributed by atoms with Crippen LogP contribution >= 0.6 is 15.9 Å². The Labute approximate surface area is 117 Å². The summed E-state index contributed by atoms with van der Waals surface area (Å²) in [5, 5.41) is 2.94. The average Bonchev–Trinajstić information content (AvgIpc) is 3.08. The predicted molar refractivity (Wildman–Crippen MR) is 72.6 cm³/mol. The fraction of sp³-hybridized carbons (Fsp3) is 0.308. The van der Waals surface area contributed by atoms with Gasteiger partial charge in [-0.1, -0.05) is 0 Å². The van der Waals surface area contributed by atoms with Gasteiger partial charge in [0.25, 0.3) is 0 Å². The summed E-state index contributed by atoms with van der Waals surface area (Å²) in [4.78, 5) is 4.34. The summed E-state index contributed by atoms with van der Waals surface area (Å²) >= 11 is 3.16. The van der Waals surface area contributed by atoms with Gasteiger partial charge < -0.3 is 9.88 Å². The maximum Gasteiger partial charge on any atom is 0.207 e. The molecule has 0 unspecified atom stereocenters. The molecule has 1 aromatic heterocycles. The van der Waals surface area contributed by atoms with Crippen molar-refractivity contribution in [1.82, 2.24) is 9.55 Å². The number of halogens is 3. The van der Waals surface area contributed by atoms with Gasteiger partial charge in [0.15, 0.2) is 5.82 Å². The largest absolute Gasteiger partial charge is 0.322 e. The molecule has 0 saturated heterocycles. The highest BCUT2D eigenvalue weighted by molar-refractivity contribution is 9.10. The zero-order chi connectivity index (χ0) is 13.6. The molecule has 1 N–H and O–H groups in total. The minimum absolute atomic E-state index is 0.203. The van der Waals surface area contributed by atoms with Crippen LogP contribution in [-0.4, -0.2) is 9.55 Å². The van der Waals surface area contributed by atoms with Crippen LogP contribution in [0, 0.1) is 18.6 Å². The molecule has 3 rings (SSSR count). The van der Waals surface area contributed by atoms with Crippen molar-refractivity contribution >= 4 is 27.6 Å². The van der Waals surface area contributed by atoms with Gasteiger partial charge in [0.05, 0.1) is 11.4 Å². The molecule has 0 aliphatic heterocycles. The zero-order valence-electron chi connectivity index (χ0n) is 10.3. The summed E-state index contributed by atoms with van der Waals surface area (Å²) in [5.41, 5.74) is 1.07. The molecule has 1 aromatic carbocycles. The van der Waals surface area contributed by atoms with E-state index in [4.69, 9.17) is 0 Å². The smallest absolute Gasteiger partial charge is 0.207 e. The van der Waals surface area contributed by atoms with Gasteiger partial charge in [-0.3, -0.25) is 0 Å². The van der Waals surface area contributed by atoms with E-state index < -0.39 is 11.6 Å². The van der Waals surface area contributed by atoms with Gasteiger partial charge in [0.2, 0.25) is 5.95 Å². The van der Waals surface area contributed by atoms with E-state index in [1.54, 1.807) is 0 Å². The Morgan fingerprint density at radius 2 is 2.11 bits per heavy atom. The lowest BCUT2D eigenvalue weighted by Gasteiger charge is -2.11. The number of rotatable bonds is 3. The van der Waals surface area contributed by atoms with E-state index in [0.717, 1.165) is 24.6 Å². The molecule has 0 bridgehead atoms. The van der Waals surface area contributed by atoms with Gasteiger partial charge in [0, 0.05) is 22.8 Å². The molecule has 2 aromatic rings. The van der Waals surface area contributed by atoms with Crippen LogP contribution in [0.15, 0.2) is 22.8 Å². The van der Waals surface area contributed by atoms with Crippen molar-refractivity contribution in [2.75, 3.05) is 5.32 Å². The first-order chi connectivity index (χ1) is 9.04. The first kappa shape index (κ1) is 12.6. The van der Waals surface area contributed by atoms with Crippen molar-refractivity contribution in [1.29, 1.82) is 0 Å². The lowest BCUT2D eigenvalue weighted by atomic mass is 10.3. The van der Waals surface area contributed by atoms with E-state index >= 15 is 0 Å². The van der Waals surface area contributed by atoms with Crippen LogP contribution in [0.25, 0.3) is 0 Å². The van der Waals surface area contributed by atoms with Gasteiger partial charge >= 0.3 is 0 Å². The number of aromatic nitrogens is 2. The average molecular weight is 328 g/mol. The Hall–Kier alpha value is -1.43. The van der Waals surface area contributed by atoms with E-state index in [-0.39, 0.29) is 5.69 Å². The van der Waals surface area contributed by atoms with Crippen LogP contribution in [0.2, 0.25) is 0 Å². The third-order valence-electron chi connectivity index (χ3n) is 3.04. The Kier molecular flexibility index (Phi) is 3.05. The second kappa shape index (κ2) is 4.59. The molecular weight excluding hydrogens is 316 g/mol. The second-order valence-electron chi connectivity index (χ2n) is 4.71. The third-order valence-corrected chi connectivity index (χ3v) is 3.66. The molecule has 1 heterocycles. The molecule has 6 heteroatoms. The highest BCUT2D eigenvalue weighted by Gasteiger charge is 2.26.